The summed E-state index contributed by atoms with van der Waals surface area (Å²) in [6.07, 6.45) is -4.46. The summed E-state index contributed by atoms with van der Waals surface area (Å²) in [6, 6.07) is 2.86. The first kappa shape index (κ1) is 14.3. The Bertz CT molecular complexity index is 426. The Kier molecular flexibility index (Phi) is 4.15. The number of carbonyl (C=O) groups is 1. The molecule has 100 valence electrons. The number of halogens is 3. The van der Waals surface area contributed by atoms with Crippen molar-refractivity contribution < 1.29 is 23.1 Å². The third kappa shape index (κ3) is 4.60. The number of nitrogens with zero attached hydrogens (tertiary/aromatic N) is 2. The molecule has 1 heterocycles. The highest BCUT2D eigenvalue weighted by Gasteiger charge is 2.32. The van der Waals surface area contributed by atoms with Gasteiger partial charge in [-0.1, -0.05) is 0 Å². The molecule has 0 atom stereocenters. The average molecular weight is 262 g/mol. The molecule has 1 aromatic rings. The summed E-state index contributed by atoms with van der Waals surface area (Å²) < 4.78 is 37.2. The van der Waals surface area contributed by atoms with Crippen LogP contribution in [0.3, 0.4) is 0 Å². The molecule has 0 unspecified atom stereocenters. The van der Waals surface area contributed by atoms with E-state index in [1.54, 1.807) is 13.8 Å². The van der Waals surface area contributed by atoms with Gasteiger partial charge in [-0.2, -0.15) is 13.2 Å². The first-order chi connectivity index (χ1) is 8.17. The summed E-state index contributed by atoms with van der Waals surface area (Å²) in [5.74, 6) is -1.31. The molecule has 0 aromatic carbocycles. The molecular weight excluding hydrogens is 249 g/mol. The van der Waals surface area contributed by atoms with Crippen LogP contribution < -0.4 is 4.90 Å². The van der Waals surface area contributed by atoms with E-state index in [1.165, 1.54) is 12.1 Å². The van der Waals surface area contributed by atoms with Crippen LogP contribution in [-0.2, 0) is 4.79 Å². The van der Waals surface area contributed by atoms with Gasteiger partial charge >= 0.3 is 12.1 Å². The van der Waals surface area contributed by atoms with E-state index in [-0.39, 0.29) is 5.69 Å². The van der Waals surface area contributed by atoms with E-state index in [0.29, 0.717) is 11.4 Å². The van der Waals surface area contributed by atoms with Gasteiger partial charge in [0.15, 0.2) is 0 Å². The molecule has 18 heavy (non-hydrogen) atoms. The van der Waals surface area contributed by atoms with E-state index >= 15 is 0 Å². The number of alkyl halides is 3. The van der Waals surface area contributed by atoms with Crippen molar-refractivity contribution in [3.05, 3.63) is 23.5 Å². The van der Waals surface area contributed by atoms with Crippen molar-refractivity contribution in [1.82, 2.24) is 4.98 Å². The number of anilines is 1. The maximum atomic E-state index is 12.4. The number of aromatic nitrogens is 1. The predicted octanol–water partition coefficient (Wildman–Crippen LogP) is 2.15. The Morgan fingerprint density at radius 1 is 1.33 bits per heavy atom. The van der Waals surface area contributed by atoms with Gasteiger partial charge in [-0.25, -0.2) is 0 Å². The highest BCUT2D eigenvalue weighted by molar-refractivity contribution is 5.73. The SMILES string of the molecule is Cc1cc(N(CC(=O)O)CC(F)(F)F)cc(C)n1. The first-order valence-electron chi connectivity index (χ1n) is 5.16. The maximum Gasteiger partial charge on any atom is 0.405 e. The molecule has 1 rings (SSSR count). The summed E-state index contributed by atoms with van der Waals surface area (Å²) in [5.41, 5.74) is 1.30. The molecule has 0 amide bonds. The highest BCUT2D eigenvalue weighted by Crippen LogP contribution is 2.23. The minimum atomic E-state index is -4.46. The molecule has 0 spiro atoms. The molecule has 0 aliphatic rings. The van der Waals surface area contributed by atoms with Crippen molar-refractivity contribution in [1.29, 1.82) is 0 Å². The van der Waals surface area contributed by atoms with Gasteiger partial charge in [0.25, 0.3) is 0 Å². The second-order valence-corrected chi connectivity index (χ2v) is 3.97. The molecule has 1 aromatic heterocycles. The van der Waals surface area contributed by atoms with Gasteiger partial charge in [-0.3, -0.25) is 9.78 Å². The molecule has 1 N–H and O–H groups in total. The maximum absolute atomic E-state index is 12.4. The summed E-state index contributed by atoms with van der Waals surface area (Å²) in [6.45, 7) is 1.27. The molecule has 7 heteroatoms. The third-order valence-electron chi connectivity index (χ3n) is 2.13. The lowest BCUT2D eigenvalue weighted by atomic mass is 10.2. The third-order valence-corrected chi connectivity index (χ3v) is 2.13. The monoisotopic (exact) mass is 262 g/mol. The lowest BCUT2D eigenvalue weighted by Crippen LogP contribution is -2.38. The van der Waals surface area contributed by atoms with Crippen LogP contribution in [0.2, 0.25) is 0 Å². The van der Waals surface area contributed by atoms with Gasteiger partial charge < -0.3 is 10.0 Å². The molecule has 4 nitrogen and oxygen atoms in total. The lowest BCUT2D eigenvalue weighted by Gasteiger charge is -2.24. The Morgan fingerprint density at radius 3 is 2.22 bits per heavy atom. The van der Waals surface area contributed by atoms with Crippen molar-refractivity contribution in [3.63, 3.8) is 0 Å². The number of rotatable bonds is 4. The fourth-order valence-corrected chi connectivity index (χ4v) is 1.61. The number of aryl methyl sites for hydroxylation is 2. The fraction of sp³-hybridized carbons (Fsp3) is 0.455. The molecule has 0 aliphatic heterocycles. The largest absolute Gasteiger partial charge is 0.480 e. The van der Waals surface area contributed by atoms with Crippen LogP contribution in [0.15, 0.2) is 12.1 Å². The zero-order valence-electron chi connectivity index (χ0n) is 9.95. The number of aliphatic carboxylic acids is 1. The van der Waals surface area contributed by atoms with Gasteiger partial charge in [0.1, 0.15) is 13.1 Å². The van der Waals surface area contributed by atoms with Crippen molar-refractivity contribution in [2.75, 3.05) is 18.0 Å². The highest BCUT2D eigenvalue weighted by atomic mass is 19.4. The summed E-state index contributed by atoms with van der Waals surface area (Å²) in [4.78, 5) is 15.4. The van der Waals surface area contributed by atoms with Crippen LogP contribution >= 0.6 is 0 Å². The van der Waals surface area contributed by atoms with Crippen molar-refractivity contribution in [2.45, 2.75) is 20.0 Å². The predicted molar refractivity (Wildman–Crippen MR) is 59.6 cm³/mol. The fourth-order valence-electron chi connectivity index (χ4n) is 1.61. The molecule has 0 aliphatic carbocycles. The Balaban J connectivity index is 3.04. The van der Waals surface area contributed by atoms with Crippen molar-refractivity contribution in [3.8, 4) is 0 Å². The standard InChI is InChI=1S/C11H13F3N2O2/c1-7-3-9(4-8(2)15-7)16(5-10(17)18)6-11(12,13)14/h3-4H,5-6H2,1-2H3,(H,17,18). The molecule has 0 saturated heterocycles. The lowest BCUT2D eigenvalue weighted by molar-refractivity contribution is -0.136. The number of hydrogen-bond donors (Lipinski definition) is 1. The van der Waals surface area contributed by atoms with E-state index in [4.69, 9.17) is 5.11 Å². The van der Waals surface area contributed by atoms with Crippen LogP contribution in [0.25, 0.3) is 0 Å². The quantitative estimate of drug-likeness (QED) is 0.903. The molecular formula is C11H13F3N2O2. The van der Waals surface area contributed by atoms with E-state index in [0.717, 1.165) is 4.90 Å². The van der Waals surface area contributed by atoms with Gasteiger partial charge in [0.05, 0.1) is 0 Å². The van der Waals surface area contributed by atoms with Gasteiger partial charge in [0.2, 0.25) is 0 Å². The number of pyridine rings is 1. The topological polar surface area (TPSA) is 53.4 Å². The van der Waals surface area contributed by atoms with Crippen LogP contribution in [0.4, 0.5) is 18.9 Å². The zero-order valence-corrected chi connectivity index (χ0v) is 9.95. The van der Waals surface area contributed by atoms with Crippen LogP contribution in [0, 0.1) is 13.8 Å². The molecule has 0 radical (unpaired) electrons. The Morgan fingerprint density at radius 2 is 1.83 bits per heavy atom. The summed E-state index contributed by atoms with van der Waals surface area (Å²) in [7, 11) is 0. The number of carboxylic acid groups (broad SMARTS) is 1. The summed E-state index contributed by atoms with van der Waals surface area (Å²) in [5, 5.41) is 8.66. The van der Waals surface area contributed by atoms with E-state index in [2.05, 4.69) is 4.98 Å². The summed E-state index contributed by atoms with van der Waals surface area (Å²) >= 11 is 0. The number of hydrogen-bond acceptors (Lipinski definition) is 3. The second kappa shape index (κ2) is 5.24. The van der Waals surface area contributed by atoms with E-state index in [9.17, 15) is 18.0 Å². The molecule has 0 saturated carbocycles. The van der Waals surface area contributed by atoms with Crippen LogP contribution in [0.5, 0.6) is 0 Å². The van der Waals surface area contributed by atoms with Crippen molar-refractivity contribution >= 4 is 11.7 Å². The Hall–Kier alpha value is -1.79. The Labute approximate surface area is 102 Å². The second-order valence-electron chi connectivity index (χ2n) is 3.97. The smallest absolute Gasteiger partial charge is 0.405 e. The molecule has 0 fully saturated rings. The van der Waals surface area contributed by atoms with Gasteiger partial charge in [-0.15, -0.1) is 0 Å². The van der Waals surface area contributed by atoms with Crippen LogP contribution in [-0.4, -0.2) is 35.3 Å². The molecule has 0 bridgehead atoms. The van der Waals surface area contributed by atoms with Crippen LogP contribution in [0.1, 0.15) is 11.4 Å². The van der Waals surface area contributed by atoms with Crippen molar-refractivity contribution in [2.24, 2.45) is 0 Å². The first-order valence-corrected chi connectivity index (χ1v) is 5.16. The normalized spacial score (nSPS) is 11.4. The van der Waals surface area contributed by atoms with E-state index < -0.39 is 25.2 Å². The van der Waals surface area contributed by atoms with E-state index in [1.807, 2.05) is 0 Å². The van der Waals surface area contributed by atoms with Gasteiger partial charge in [-0.05, 0) is 26.0 Å². The minimum Gasteiger partial charge on any atom is -0.480 e. The zero-order chi connectivity index (χ0) is 13.9. The average Bonchev–Trinajstić information content (AvgIpc) is 2.11. The van der Waals surface area contributed by atoms with Gasteiger partial charge in [0, 0.05) is 17.1 Å². The number of carboxylic acids is 1. The minimum absolute atomic E-state index is 0.208.